The molecular weight excluding hydrogens is 240 g/mol. The number of methoxy groups -OCH3 is 1. The average molecular weight is 252 g/mol. The fourth-order valence-electron chi connectivity index (χ4n) is 2.26. The van der Waals surface area contributed by atoms with Crippen LogP contribution in [-0.2, 0) is 4.74 Å². The van der Waals surface area contributed by atoms with Crippen LogP contribution in [0.4, 0.5) is 4.79 Å². The smallest absolute Gasteiger partial charge is 0.427 e. The summed E-state index contributed by atoms with van der Waals surface area (Å²) >= 11 is 0. The number of fused-ring (bicyclic) bond motifs is 3. The second kappa shape index (κ2) is 4.57. The van der Waals surface area contributed by atoms with Gasteiger partial charge in [0.25, 0.3) is 0 Å². The zero-order valence-corrected chi connectivity index (χ0v) is 10.4. The quantitative estimate of drug-likeness (QED) is 0.677. The van der Waals surface area contributed by atoms with Gasteiger partial charge in [-0.25, -0.2) is 10.2 Å². The van der Waals surface area contributed by atoms with Gasteiger partial charge >= 0.3 is 6.09 Å². The lowest BCUT2D eigenvalue weighted by molar-refractivity contribution is 0.171. The molecule has 0 saturated carbocycles. The summed E-state index contributed by atoms with van der Waals surface area (Å²) in [6.45, 7) is 0. The molecule has 0 atom stereocenters. The Kier molecular flexibility index (Phi) is 2.76. The van der Waals surface area contributed by atoms with E-state index in [1.165, 1.54) is 7.11 Å². The monoisotopic (exact) mass is 252 g/mol. The van der Waals surface area contributed by atoms with Crippen LogP contribution in [0, 0.1) is 0 Å². The maximum atomic E-state index is 11.2. The highest BCUT2D eigenvalue weighted by Gasteiger charge is 2.24. The van der Waals surface area contributed by atoms with Gasteiger partial charge < -0.3 is 4.74 Å². The normalized spacial score (nSPS) is 11.5. The molecule has 0 radical (unpaired) electrons. The average Bonchev–Trinajstić information content (AvgIpc) is 2.79. The van der Waals surface area contributed by atoms with Gasteiger partial charge in [-0.05, 0) is 11.1 Å². The number of amides is 1. The molecule has 19 heavy (non-hydrogen) atoms. The Bertz CT molecular complexity index is 630. The van der Waals surface area contributed by atoms with E-state index in [1.54, 1.807) is 0 Å². The molecule has 1 aliphatic carbocycles. The van der Waals surface area contributed by atoms with Crippen molar-refractivity contribution in [2.24, 2.45) is 5.10 Å². The summed E-state index contributed by atoms with van der Waals surface area (Å²) in [6, 6.07) is 16.0. The molecule has 0 spiro atoms. The van der Waals surface area contributed by atoms with Crippen LogP contribution in [0.2, 0.25) is 0 Å². The van der Waals surface area contributed by atoms with Gasteiger partial charge in [-0.15, -0.1) is 0 Å². The molecule has 0 heterocycles. The van der Waals surface area contributed by atoms with E-state index in [0.29, 0.717) is 0 Å². The third kappa shape index (κ3) is 1.87. The highest BCUT2D eigenvalue weighted by Crippen LogP contribution is 2.36. The van der Waals surface area contributed by atoms with Crippen molar-refractivity contribution < 1.29 is 9.53 Å². The molecule has 0 fully saturated rings. The van der Waals surface area contributed by atoms with Crippen molar-refractivity contribution in [1.82, 2.24) is 5.43 Å². The molecule has 0 aromatic heterocycles. The van der Waals surface area contributed by atoms with Crippen LogP contribution in [0.1, 0.15) is 11.1 Å². The Morgan fingerprint density at radius 1 is 0.947 bits per heavy atom. The van der Waals surface area contributed by atoms with E-state index in [1.807, 2.05) is 36.4 Å². The summed E-state index contributed by atoms with van der Waals surface area (Å²) in [6.07, 6.45) is -0.575. The van der Waals surface area contributed by atoms with E-state index in [9.17, 15) is 4.79 Å². The standard InChI is InChI=1S/C15H12N2O2/c1-19-15(18)17-16-14-12-8-4-2-6-10(12)11-7-3-5-9-13(11)14/h2-9H,1H3,(H,17,18). The zero-order valence-electron chi connectivity index (χ0n) is 10.4. The summed E-state index contributed by atoms with van der Waals surface area (Å²) in [7, 11) is 1.31. The van der Waals surface area contributed by atoms with Gasteiger partial charge in [-0.1, -0.05) is 48.5 Å². The first-order chi connectivity index (χ1) is 9.31. The number of rotatable bonds is 1. The van der Waals surface area contributed by atoms with E-state index in [-0.39, 0.29) is 0 Å². The number of hydrazone groups is 1. The molecule has 0 saturated heterocycles. The highest BCUT2D eigenvalue weighted by molar-refractivity contribution is 6.24. The van der Waals surface area contributed by atoms with Crippen molar-refractivity contribution in [2.45, 2.75) is 0 Å². The molecule has 2 aromatic carbocycles. The molecule has 2 aromatic rings. The van der Waals surface area contributed by atoms with Gasteiger partial charge in [0.05, 0.1) is 12.8 Å². The van der Waals surface area contributed by atoms with Gasteiger partial charge in [-0.2, -0.15) is 5.10 Å². The summed E-state index contributed by atoms with van der Waals surface area (Å²) in [5, 5.41) is 4.17. The van der Waals surface area contributed by atoms with Crippen molar-refractivity contribution in [3.05, 3.63) is 59.7 Å². The van der Waals surface area contributed by atoms with Crippen LogP contribution in [0.5, 0.6) is 0 Å². The van der Waals surface area contributed by atoms with Gasteiger partial charge in [0.2, 0.25) is 0 Å². The molecule has 0 bridgehead atoms. The minimum absolute atomic E-state index is 0.575. The Hall–Kier alpha value is -2.62. The number of nitrogens with zero attached hydrogens (tertiary/aromatic N) is 1. The van der Waals surface area contributed by atoms with E-state index in [0.717, 1.165) is 28.0 Å². The zero-order chi connectivity index (χ0) is 13.2. The second-order valence-corrected chi connectivity index (χ2v) is 4.15. The van der Waals surface area contributed by atoms with Crippen LogP contribution in [0.25, 0.3) is 11.1 Å². The summed E-state index contributed by atoms with van der Waals surface area (Å²) in [5.41, 5.74) is 7.43. The maximum absolute atomic E-state index is 11.2. The molecule has 1 N–H and O–H groups in total. The molecule has 4 nitrogen and oxygen atoms in total. The van der Waals surface area contributed by atoms with Crippen molar-refractivity contribution >= 4 is 11.8 Å². The van der Waals surface area contributed by atoms with E-state index in [4.69, 9.17) is 0 Å². The predicted octanol–water partition coefficient (Wildman–Crippen LogP) is 2.78. The summed E-state index contributed by atoms with van der Waals surface area (Å²) < 4.78 is 4.53. The SMILES string of the molecule is COC(=O)NN=C1c2ccccc2-c2ccccc21. The molecule has 94 valence electrons. The highest BCUT2D eigenvalue weighted by atomic mass is 16.5. The Balaban J connectivity index is 2.12. The lowest BCUT2D eigenvalue weighted by Crippen LogP contribution is -2.19. The van der Waals surface area contributed by atoms with Crippen LogP contribution in [-0.4, -0.2) is 18.9 Å². The topological polar surface area (TPSA) is 50.7 Å². The largest absolute Gasteiger partial charge is 0.452 e. The molecule has 0 unspecified atom stereocenters. The number of carbonyl (C=O) groups excluding carboxylic acids is 1. The Labute approximate surface area is 110 Å². The number of nitrogens with one attached hydrogen (secondary N) is 1. The number of hydrogen-bond donors (Lipinski definition) is 1. The van der Waals surface area contributed by atoms with E-state index >= 15 is 0 Å². The predicted molar refractivity (Wildman–Crippen MR) is 73.1 cm³/mol. The van der Waals surface area contributed by atoms with Crippen molar-refractivity contribution in [3.8, 4) is 11.1 Å². The van der Waals surface area contributed by atoms with Crippen molar-refractivity contribution in [2.75, 3.05) is 7.11 Å². The third-order valence-corrected chi connectivity index (χ3v) is 3.10. The van der Waals surface area contributed by atoms with E-state index < -0.39 is 6.09 Å². The Morgan fingerprint density at radius 2 is 1.42 bits per heavy atom. The molecule has 1 aliphatic rings. The number of benzene rings is 2. The molecule has 3 rings (SSSR count). The first kappa shape index (κ1) is 11.5. The minimum atomic E-state index is -0.575. The van der Waals surface area contributed by atoms with Crippen LogP contribution >= 0.6 is 0 Å². The molecule has 1 amide bonds. The van der Waals surface area contributed by atoms with Gasteiger partial charge in [0.15, 0.2) is 0 Å². The van der Waals surface area contributed by atoms with Gasteiger partial charge in [-0.3, -0.25) is 0 Å². The number of hydrogen-bond acceptors (Lipinski definition) is 3. The van der Waals surface area contributed by atoms with Crippen molar-refractivity contribution in [1.29, 1.82) is 0 Å². The third-order valence-electron chi connectivity index (χ3n) is 3.10. The van der Waals surface area contributed by atoms with E-state index in [2.05, 4.69) is 27.4 Å². The van der Waals surface area contributed by atoms with Crippen LogP contribution in [0.15, 0.2) is 53.6 Å². The van der Waals surface area contributed by atoms with Crippen LogP contribution < -0.4 is 5.43 Å². The summed E-state index contributed by atoms with van der Waals surface area (Å²) in [4.78, 5) is 11.2. The first-order valence-electron chi connectivity index (χ1n) is 5.92. The lowest BCUT2D eigenvalue weighted by Gasteiger charge is -2.02. The number of ether oxygens (including phenoxy) is 1. The number of carbonyl (C=O) groups is 1. The van der Waals surface area contributed by atoms with Gasteiger partial charge in [0.1, 0.15) is 0 Å². The first-order valence-corrected chi connectivity index (χ1v) is 5.92. The fourth-order valence-corrected chi connectivity index (χ4v) is 2.26. The Morgan fingerprint density at radius 3 is 1.89 bits per heavy atom. The second-order valence-electron chi connectivity index (χ2n) is 4.15. The maximum Gasteiger partial charge on any atom is 0.427 e. The minimum Gasteiger partial charge on any atom is -0.452 e. The van der Waals surface area contributed by atoms with Gasteiger partial charge in [0, 0.05) is 11.1 Å². The lowest BCUT2D eigenvalue weighted by atomic mass is 10.1. The summed E-state index contributed by atoms with van der Waals surface area (Å²) in [5.74, 6) is 0. The fraction of sp³-hybridized carbons (Fsp3) is 0.0667. The molecule has 0 aliphatic heterocycles. The molecular formula is C15H12N2O2. The van der Waals surface area contributed by atoms with Crippen LogP contribution in [0.3, 0.4) is 0 Å². The molecule has 4 heteroatoms. The van der Waals surface area contributed by atoms with Crippen molar-refractivity contribution in [3.63, 3.8) is 0 Å².